The zero-order chi connectivity index (χ0) is 7.70. The molecule has 2 heteroatoms. The van der Waals surface area contributed by atoms with Gasteiger partial charge in [-0.2, -0.15) is 24.4 Å². The number of thioether (sulfide) groups is 1. The van der Waals surface area contributed by atoms with Crippen molar-refractivity contribution < 1.29 is 0 Å². The summed E-state index contributed by atoms with van der Waals surface area (Å²) in [5.41, 5.74) is 0. The van der Waals surface area contributed by atoms with Crippen LogP contribution in [0.2, 0.25) is 0 Å². The molecule has 0 bridgehead atoms. The molecule has 0 amide bonds. The van der Waals surface area contributed by atoms with Crippen molar-refractivity contribution in [1.29, 1.82) is 0 Å². The molecule has 0 aliphatic heterocycles. The van der Waals surface area contributed by atoms with Crippen LogP contribution in [0.15, 0.2) is 0 Å². The molecule has 0 aliphatic rings. The van der Waals surface area contributed by atoms with Gasteiger partial charge in [0.2, 0.25) is 0 Å². The van der Waals surface area contributed by atoms with Gasteiger partial charge in [0.05, 0.1) is 0 Å². The summed E-state index contributed by atoms with van der Waals surface area (Å²) in [7, 11) is 0. The molecule has 0 nitrogen and oxygen atoms in total. The Morgan fingerprint density at radius 2 is 1.89 bits per heavy atom. The molecule has 0 spiro atoms. The van der Waals surface area contributed by atoms with Crippen molar-refractivity contribution in [2.45, 2.75) is 20.8 Å². The van der Waals surface area contributed by atoms with E-state index in [9.17, 15) is 0 Å². The minimum atomic E-state index is 0.776. The molecule has 9 heavy (non-hydrogen) atoms. The van der Waals surface area contributed by atoms with Crippen LogP contribution in [0.5, 0.6) is 0 Å². The first kappa shape index (κ1) is 12.4. The zero-order valence-electron chi connectivity index (χ0n) is 6.85. The molecule has 0 saturated carbocycles. The molecular weight excluding hydrogens is 148 g/mol. The maximum Gasteiger partial charge on any atom is -0.00368 e. The van der Waals surface area contributed by atoms with E-state index in [4.69, 9.17) is 0 Å². The molecular formula is C7H18S2. The first-order valence-corrected chi connectivity index (χ1v) is 5.43. The lowest BCUT2D eigenvalue weighted by Gasteiger charge is -2.01. The quantitative estimate of drug-likeness (QED) is 0.629. The monoisotopic (exact) mass is 166 g/mol. The molecule has 0 radical (unpaired) electrons. The van der Waals surface area contributed by atoms with Crippen LogP contribution in [-0.2, 0) is 0 Å². The van der Waals surface area contributed by atoms with Gasteiger partial charge < -0.3 is 0 Å². The second kappa shape index (κ2) is 11.5. The van der Waals surface area contributed by atoms with Crippen LogP contribution in [0.1, 0.15) is 20.8 Å². The van der Waals surface area contributed by atoms with Crippen LogP contribution in [-0.4, -0.2) is 17.8 Å². The van der Waals surface area contributed by atoms with E-state index < -0.39 is 0 Å². The molecule has 0 fully saturated rings. The van der Waals surface area contributed by atoms with E-state index in [0.717, 1.165) is 11.7 Å². The predicted octanol–water partition coefficient (Wildman–Crippen LogP) is 2.94. The Kier molecular flexibility index (Phi) is 15.8. The van der Waals surface area contributed by atoms with Gasteiger partial charge in [-0.15, -0.1) is 0 Å². The fourth-order valence-corrected chi connectivity index (χ4v) is 1.33. The third-order valence-corrected chi connectivity index (χ3v) is 2.29. The van der Waals surface area contributed by atoms with Crippen LogP contribution < -0.4 is 0 Å². The molecule has 0 aliphatic carbocycles. The molecule has 1 unspecified atom stereocenters. The third kappa shape index (κ3) is 12.0. The Labute approximate surface area is 69.2 Å². The van der Waals surface area contributed by atoms with Crippen molar-refractivity contribution in [1.82, 2.24) is 0 Å². The van der Waals surface area contributed by atoms with Crippen molar-refractivity contribution in [3.63, 3.8) is 0 Å². The van der Waals surface area contributed by atoms with E-state index in [-0.39, 0.29) is 0 Å². The van der Waals surface area contributed by atoms with E-state index in [0.29, 0.717) is 0 Å². The van der Waals surface area contributed by atoms with Gasteiger partial charge in [-0.3, -0.25) is 0 Å². The molecule has 1 atom stereocenters. The lowest BCUT2D eigenvalue weighted by atomic mass is 10.3. The number of rotatable bonds is 3. The molecule has 0 aromatic carbocycles. The molecule has 0 aromatic heterocycles. The van der Waals surface area contributed by atoms with Gasteiger partial charge in [0.15, 0.2) is 0 Å². The molecule has 0 aromatic rings. The summed E-state index contributed by atoms with van der Waals surface area (Å²) < 4.78 is 0. The van der Waals surface area contributed by atoms with Crippen LogP contribution in [0.4, 0.5) is 0 Å². The van der Waals surface area contributed by atoms with E-state index in [2.05, 4.69) is 25.8 Å². The van der Waals surface area contributed by atoms with E-state index in [1.165, 1.54) is 5.75 Å². The number of hydrogen-bond acceptors (Lipinski definition) is 2. The van der Waals surface area contributed by atoms with E-state index >= 15 is 0 Å². The first-order chi connectivity index (χ1) is 4.31. The highest BCUT2D eigenvalue weighted by Crippen LogP contribution is 2.04. The van der Waals surface area contributed by atoms with Crippen molar-refractivity contribution in [3.8, 4) is 0 Å². The molecule has 58 valence electrons. The van der Waals surface area contributed by atoms with Gasteiger partial charge in [-0.25, -0.2) is 0 Å². The standard InChI is InChI=1S/C5H12S2.C2H6/c1-5(3-6)4-7-2;1-2/h5-6H,3-4H2,1-2H3;1-2H3. The zero-order valence-corrected chi connectivity index (χ0v) is 8.56. The Bertz CT molecular complexity index is 37.9. The first-order valence-electron chi connectivity index (χ1n) is 3.41. The summed E-state index contributed by atoms with van der Waals surface area (Å²) >= 11 is 6.02. The maximum atomic E-state index is 4.14. The highest BCUT2D eigenvalue weighted by atomic mass is 32.2. The van der Waals surface area contributed by atoms with Crippen molar-refractivity contribution in [3.05, 3.63) is 0 Å². The SMILES string of the molecule is CC.CSCC(C)CS. The summed E-state index contributed by atoms with van der Waals surface area (Å²) in [5.74, 6) is 3.03. The summed E-state index contributed by atoms with van der Waals surface area (Å²) in [6.07, 6.45) is 2.12. The average molecular weight is 166 g/mol. The lowest BCUT2D eigenvalue weighted by molar-refractivity contribution is 0.768. The highest BCUT2D eigenvalue weighted by Gasteiger charge is 1.93. The Hall–Kier alpha value is 0.700. The second-order valence-corrected chi connectivity index (χ2v) is 3.02. The van der Waals surface area contributed by atoms with Gasteiger partial charge in [-0.05, 0) is 23.7 Å². The molecule has 0 saturated heterocycles. The second-order valence-electron chi connectivity index (χ2n) is 1.74. The van der Waals surface area contributed by atoms with E-state index in [1.807, 2.05) is 25.6 Å². The van der Waals surface area contributed by atoms with Crippen LogP contribution in [0, 0.1) is 5.92 Å². The number of thiol groups is 1. The number of hydrogen-bond donors (Lipinski definition) is 1. The van der Waals surface area contributed by atoms with Crippen LogP contribution in [0.25, 0.3) is 0 Å². The summed E-state index contributed by atoms with van der Waals surface area (Å²) in [5, 5.41) is 0. The summed E-state index contributed by atoms with van der Waals surface area (Å²) in [6, 6.07) is 0. The van der Waals surface area contributed by atoms with Crippen LogP contribution >= 0.6 is 24.4 Å². The third-order valence-electron chi connectivity index (χ3n) is 0.763. The van der Waals surface area contributed by atoms with Crippen LogP contribution in [0.3, 0.4) is 0 Å². The Balaban J connectivity index is 0. The topological polar surface area (TPSA) is 0 Å². The lowest BCUT2D eigenvalue weighted by Crippen LogP contribution is -1.97. The summed E-state index contributed by atoms with van der Waals surface area (Å²) in [6.45, 7) is 6.21. The van der Waals surface area contributed by atoms with Gasteiger partial charge in [0.25, 0.3) is 0 Å². The van der Waals surface area contributed by atoms with Crippen molar-refractivity contribution >= 4 is 24.4 Å². The molecule has 0 heterocycles. The van der Waals surface area contributed by atoms with Crippen molar-refractivity contribution in [2.75, 3.05) is 17.8 Å². The van der Waals surface area contributed by atoms with Gasteiger partial charge in [0, 0.05) is 0 Å². The Morgan fingerprint density at radius 3 is 2.00 bits per heavy atom. The minimum Gasteiger partial charge on any atom is -0.179 e. The summed E-state index contributed by atoms with van der Waals surface area (Å²) in [4.78, 5) is 0. The van der Waals surface area contributed by atoms with E-state index in [1.54, 1.807) is 0 Å². The average Bonchev–Trinajstić information content (AvgIpc) is 1.93. The van der Waals surface area contributed by atoms with Crippen molar-refractivity contribution in [2.24, 2.45) is 5.92 Å². The maximum absolute atomic E-state index is 4.14. The Morgan fingerprint density at radius 1 is 1.44 bits per heavy atom. The van der Waals surface area contributed by atoms with Gasteiger partial charge >= 0.3 is 0 Å². The molecule has 0 rings (SSSR count). The van der Waals surface area contributed by atoms with Gasteiger partial charge in [0.1, 0.15) is 0 Å². The smallest absolute Gasteiger partial charge is 0.00368 e. The van der Waals surface area contributed by atoms with Gasteiger partial charge in [-0.1, -0.05) is 20.8 Å². The highest BCUT2D eigenvalue weighted by molar-refractivity contribution is 7.98. The fraction of sp³-hybridized carbons (Fsp3) is 1.00. The minimum absolute atomic E-state index is 0.776. The normalized spacial score (nSPS) is 11.7. The predicted molar refractivity (Wildman–Crippen MR) is 52.7 cm³/mol. The largest absolute Gasteiger partial charge is 0.179 e. The molecule has 0 N–H and O–H groups in total. The fourth-order valence-electron chi connectivity index (χ4n) is 0.337.